The molecule has 17 heavy (non-hydrogen) atoms. The molecule has 6 heteroatoms. The van der Waals surface area contributed by atoms with Gasteiger partial charge in [0.2, 0.25) is 0 Å². The minimum Gasteiger partial charge on any atom is -0.326 e. The van der Waals surface area contributed by atoms with Crippen molar-refractivity contribution in [2.24, 2.45) is 0 Å². The lowest BCUT2D eigenvalue weighted by Crippen LogP contribution is -2.24. The summed E-state index contributed by atoms with van der Waals surface area (Å²) in [5, 5.41) is -0.713. The third-order valence-electron chi connectivity index (χ3n) is 2.55. The van der Waals surface area contributed by atoms with Gasteiger partial charge in [0.05, 0.1) is 11.6 Å². The first-order valence-electron chi connectivity index (χ1n) is 4.83. The fourth-order valence-corrected chi connectivity index (χ4v) is 1.50. The van der Waals surface area contributed by atoms with Gasteiger partial charge in [-0.1, -0.05) is 12.1 Å². The molecular weight excluding hydrogens is 255 g/mol. The largest absolute Gasteiger partial charge is 0.416 e. The van der Waals surface area contributed by atoms with Crippen LogP contribution in [0.2, 0.25) is 0 Å². The Morgan fingerprint density at radius 2 is 2.00 bits per heavy atom. The van der Waals surface area contributed by atoms with Gasteiger partial charge in [0.1, 0.15) is 0 Å². The lowest BCUT2D eigenvalue weighted by molar-refractivity contribution is -0.137. The zero-order valence-corrected chi connectivity index (χ0v) is 10.0. The first kappa shape index (κ1) is 13.8. The normalized spacial score (nSPS) is 13.3. The van der Waals surface area contributed by atoms with Crippen molar-refractivity contribution in [3.63, 3.8) is 0 Å². The summed E-state index contributed by atoms with van der Waals surface area (Å²) in [6.45, 7) is 1.61. The maximum atomic E-state index is 12.5. The van der Waals surface area contributed by atoms with Crippen LogP contribution in [0.25, 0.3) is 0 Å². The highest BCUT2D eigenvalue weighted by Crippen LogP contribution is 2.31. The van der Waals surface area contributed by atoms with Crippen LogP contribution in [0.3, 0.4) is 0 Å². The topological polar surface area (TPSA) is 20.3 Å². The van der Waals surface area contributed by atoms with E-state index in [9.17, 15) is 18.0 Å². The predicted octanol–water partition coefficient (Wildman–Crippen LogP) is 4.06. The van der Waals surface area contributed by atoms with Gasteiger partial charge < -0.3 is 4.90 Å². The number of nitrogens with zero attached hydrogens (tertiary/aromatic N) is 1. The zero-order valence-electron chi connectivity index (χ0n) is 9.25. The maximum Gasteiger partial charge on any atom is 0.416 e. The van der Waals surface area contributed by atoms with Crippen molar-refractivity contribution in [3.8, 4) is 0 Å². The second kappa shape index (κ2) is 4.96. The number of hydrogen-bond donors (Lipinski definition) is 0. The summed E-state index contributed by atoms with van der Waals surface area (Å²) < 4.78 is 37.5. The average molecular weight is 266 g/mol. The van der Waals surface area contributed by atoms with Crippen molar-refractivity contribution in [1.82, 2.24) is 4.90 Å². The van der Waals surface area contributed by atoms with Crippen LogP contribution in [0.15, 0.2) is 24.3 Å². The van der Waals surface area contributed by atoms with Gasteiger partial charge in [-0.15, -0.1) is 0 Å². The van der Waals surface area contributed by atoms with Crippen molar-refractivity contribution < 1.29 is 18.0 Å². The van der Waals surface area contributed by atoms with Gasteiger partial charge in [0, 0.05) is 7.05 Å². The van der Waals surface area contributed by atoms with Crippen LogP contribution in [0, 0.1) is 0 Å². The second-order valence-electron chi connectivity index (χ2n) is 3.66. The molecule has 0 N–H and O–H groups in total. The van der Waals surface area contributed by atoms with E-state index in [1.165, 1.54) is 19.2 Å². The monoisotopic (exact) mass is 265 g/mol. The highest BCUT2D eigenvalue weighted by atomic mass is 35.5. The highest BCUT2D eigenvalue weighted by molar-refractivity contribution is 6.62. The summed E-state index contributed by atoms with van der Waals surface area (Å²) in [4.78, 5) is 12.1. The number of hydrogen-bond acceptors (Lipinski definition) is 1. The van der Waals surface area contributed by atoms with Gasteiger partial charge in [-0.25, -0.2) is 0 Å². The van der Waals surface area contributed by atoms with E-state index in [1.807, 2.05) is 0 Å². The predicted molar refractivity (Wildman–Crippen MR) is 58.9 cm³/mol. The number of alkyl halides is 3. The summed E-state index contributed by atoms with van der Waals surface area (Å²) in [5.74, 6) is 0. The molecule has 2 nitrogen and oxygen atoms in total. The molecule has 0 aromatic heterocycles. The molecule has 1 aromatic rings. The van der Waals surface area contributed by atoms with Crippen LogP contribution in [-0.2, 0) is 6.18 Å². The fourth-order valence-electron chi connectivity index (χ4n) is 1.35. The van der Waals surface area contributed by atoms with Crippen LogP contribution in [0.4, 0.5) is 18.0 Å². The number of amides is 1. The zero-order chi connectivity index (χ0) is 13.2. The van der Waals surface area contributed by atoms with Crippen molar-refractivity contribution >= 4 is 17.0 Å². The molecule has 0 aliphatic carbocycles. The minimum atomic E-state index is -4.39. The Morgan fingerprint density at radius 1 is 1.41 bits per heavy atom. The summed E-state index contributed by atoms with van der Waals surface area (Å²) in [6.07, 6.45) is -4.39. The Bertz CT molecular complexity index is 419. The van der Waals surface area contributed by atoms with E-state index >= 15 is 0 Å². The van der Waals surface area contributed by atoms with E-state index in [4.69, 9.17) is 11.6 Å². The van der Waals surface area contributed by atoms with Crippen LogP contribution < -0.4 is 0 Å². The Morgan fingerprint density at radius 3 is 2.47 bits per heavy atom. The summed E-state index contributed by atoms with van der Waals surface area (Å²) >= 11 is 5.27. The van der Waals surface area contributed by atoms with E-state index < -0.39 is 23.1 Å². The molecule has 1 amide bonds. The molecule has 0 aliphatic rings. The number of rotatable bonds is 2. The Hall–Kier alpha value is -1.23. The smallest absolute Gasteiger partial charge is 0.326 e. The molecule has 0 fully saturated rings. The molecule has 0 saturated carbocycles. The third-order valence-corrected chi connectivity index (χ3v) is 2.82. The molecule has 0 saturated heterocycles. The Labute approximate surface area is 102 Å². The van der Waals surface area contributed by atoms with Crippen molar-refractivity contribution in [2.45, 2.75) is 19.1 Å². The molecule has 94 valence electrons. The van der Waals surface area contributed by atoms with E-state index in [0.717, 1.165) is 17.0 Å². The fraction of sp³-hybridized carbons (Fsp3) is 0.364. The van der Waals surface area contributed by atoms with Crippen LogP contribution in [0.1, 0.15) is 24.1 Å². The minimum absolute atomic E-state index is 0.385. The van der Waals surface area contributed by atoms with Crippen LogP contribution in [-0.4, -0.2) is 17.3 Å². The number of halogens is 4. The van der Waals surface area contributed by atoms with E-state index in [0.29, 0.717) is 5.56 Å². The molecule has 1 rings (SSSR count). The quantitative estimate of drug-likeness (QED) is 0.583. The Kier molecular flexibility index (Phi) is 4.03. The van der Waals surface area contributed by atoms with E-state index in [2.05, 4.69) is 0 Å². The van der Waals surface area contributed by atoms with Crippen molar-refractivity contribution in [1.29, 1.82) is 0 Å². The SMILES string of the molecule is CC(c1cccc(C(F)(F)F)c1)N(C)C(=O)Cl. The number of benzene rings is 1. The third kappa shape index (κ3) is 3.36. The first-order chi connectivity index (χ1) is 7.73. The molecule has 0 radical (unpaired) electrons. The lowest BCUT2D eigenvalue weighted by atomic mass is 10.0. The molecule has 0 bridgehead atoms. The molecule has 1 aromatic carbocycles. The lowest BCUT2D eigenvalue weighted by Gasteiger charge is -2.23. The van der Waals surface area contributed by atoms with Gasteiger partial charge in [-0.3, -0.25) is 4.79 Å². The van der Waals surface area contributed by atoms with Gasteiger partial charge in [-0.2, -0.15) is 13.2 Å². The highest BCUT2D eigenvalue weighted by Gasteiger charge is 2.31. The molecule has 1 atom stereocenters. The van der Waals surface area contributed by atoms with Crippen molar-refractivity contribution in [2.75, 3.05) is 7.05 Å². The average Bonchev–Trinajstić information content (AvgIpc) is 2.26. The summed E-state index contributed by atoms with van der Waals surface area (Å²) in [5.41, 5.74) is -0.353. The standard InChI is InChI=1S/C11H11ClF3NO/c1-7(16(2)10(12)17)8-4-3-5-9(6-8)11(13,14)15/h3-7H,1-2H3. The molecule has 0 heterocycles. The van der Waals surface area contributed by atoms with E-state index in [-0.39, 0.29) is 0 Å². The maximum absolute atomic E-state index is 12.5. The van der Waals surface area contributed by atoms with Gasteiger partial charge in [0.25, 0.3) is 0 Å². The van der Waals surface area contributed by atoms with Crippen LogP contribution in [0.5, 0.6) is 0 Å². The molecule has 0 spiro atoms. The van der Waals surface area contributed by atoms with Crippen molar-refractivity contribution in [3.05, 3.63) is 35.4 Å². The molecular formula is C11H11ClF3NO. The van der Waals surface area contributed by atoms with Gasteiger partial charge in [-0.05, 0) is 36.2 Å². The molecule has 1 unspecified atom stereocenters. The second-order valence-corrected chi connectivity index (χ2v) is 3.99. The van der Waals surface area contributed by atoms with Gasteiger partial charge >= 0.3 is 11.5 Å². The number of carbonyl (C=O) groups excluding carboxylic acids is 1. The van der Waals surface area contributed by atoms with E-state index in [1.54, 1.807) is 6.92 Å². The van der Waals surface area contributed by atoms with Crippen LogP contribution >= 0.6 is 11.6 Å². The number of carbonyl (C=O) groups is 1. The molecule has 0 aliphatic heterocycles. The first-order valence-corrected chi connectivity index (χ1v) is 5.20. The van der Waals surface area contributed by atoms with Gasteiger partial charge in [0.15, 0.2) is 0 Å². The summed E-state index contributed by atoms with van der Waals surface area (Å²) in [7, 11) is 1.43. The summed E-state index contributed by atoms with van der Waals surface area (Å²) in [6, 6.07) is 4.32. The Balaban J connectivity index is 3.04.